The van der Waals surface area contributed by atoms with Gasteiger partial charge in [-0.1, -0.05) is 13.0 Å². The van der Waals surface area contributed by atoms with E-state index in [-0.39, 0.29) is 10.5 Å². The Hall–Kier alpha value is -1.40. The zero-order valence-electron chi connectivity index (χ0n) is 12.4. The third-order valence-corrected chi connectivity index (χ3v) is 6.15. The summed E-state index contributed by atoms with van der Waals surface area (Å²) in [6.45, 7) is 4.69. The third kappa shape index (κ3) is 3.27. The molecule has 0 radical (unpaired) electrons. The van der Waals surface area contributed by atoms with Crippen molar-refractivity contribution in [2.75, 3.05) is 13.1 Å². The molecule has 0 spiro atoms. The maximum atomic E-state index is 12.8. The average Bonchev–Trinajstić information content (AvgIpc) is 2.63. The molecule has 1 atom stereocenters. The molecule has 1 N–H and O–H groups in total. The summed E-state index contributed by atoms with van der Waals surface area (Å²) in [5, 5.41) is 9.14. The predicted molar refractivity (Wildman–Crippen MR) is 79.9 cm³/mol. The molecule has 6 heteroatoms. The molecule has 1 fully saturated rings. The first-order valence-electron chi connectivity index (χ1n) is 7.17. The number of carboxylic acids is 1. The van der Waals surface area contributed by atoms with E-state index in [2.05, 4.69) is 6.92 Å². The van der Waals surface area contributed by atoms with Gasteiger partial charge in [-0.05, 0) is 49.8 Å². The second kappa shape index (κ2) is 6.15. The van der Waals surface area contributed by atoms with Crippen molar-refractivity contribution in [1.29, 1.82) is 0 Å². The minimum atomic E-state index is -3.63. The van der Waals surface area contributed by atoms with E-state index in [1.165, 1.54) is 22.5 Å². The van der Waals surface area contributed by atoms with Gasteiger partial charge in [0.25, 0.3) is 0 Å². The average molecular weight is 311 g/mol. The number of hydrogen-bond acceptors (Lipinski definition) is 3. The number of carbonyl (C=O) groups is 1. The van der Waals surface area contributed by atoms with Crippen LogP contribution in [0.5, 0.6) is 0 Å². The van der Waals surface area contributed by atoms with Crippen LogP contribution in [-0.4, -0.2) is 36.9 Å². The zero-order valence-corrected chi connectivity index (χ0v) is 13.2. The maximum absolute atomic E-state index is 12.8. The fraction of sp³-hybridized carbons (Fsp3) is 0.533. The van der Waals surface area contributed by atoms with E-state index in [0.717, 1.165) is 19.3 Å². The first-order chi connectivity index (χ1) is 9.84. The topological polar surface area (TPSA) is 74.7 Å². The van der Waals surface area contributed by atoms with Crippen LogP contribution in [0.3, 0.4) is 0 Å². The molecule has 0 aromatic heterocycles. The summed E-state index contributed by atoms with van der Waals surface area (Å²) in [5.41, 5.74) is 0.349. The van der Waals surface area contributed by atoms with Gasteiger partial charge in [0.2, 0.25) is 10.0 Å². The van der Waals surface area contributed by atoms with Crippen molar-refractivity contribution in [1.82, 2.24) is 4.31 Å². The molecule has 1 aliphatic rings. The predicted octanol–water partition coefficient (Wildman–Crippen LogP) is 2.50. The lowest BCUT2D eigenvalue weighted by Crippen LogP contribution is -2.32. The highest BCUT2D eigenvalue weighted by molar-refractivity contribution is 7.89. The van der Waals surface area contributed by atoms with Gasteiger partial charge in [0, 0.05) is 13.1 Å². The summed E-state index contributed by atoms with van der Waals surface area (Å²) in [6.07, 6.45) is 2.72. The van der Waals surface area contributed by atoms with E-state index in [1.807, 2.05) is 0 Å². The first kappa shape index (κ1) is 16.0. The molecule has 1 heterocycles. The van der Waals surface area contributed by atoms with Gasteiger partial charge < -0.3 is 5.11 Å². The second-order valence-corrected chi connectivity index (χ2v) is 7.58. The SMILES string of the molecule is Cc1c(C(=O)O)cccc1S(=O)(=O)N1CCCC(C)CC1. The van der Waals surface area contributed by atoms with Crippen LogP contribution in [0.2, 0.25) is 0 Å². The lowest BCUT2D eigenvalue weighted by Gasteiger charge is -2.21. The Balaban J connectivity index is 2.40. The van der Waals surface area contributed by atoms with E-state index in [4.69, 9.17) is 5.11 Å². The molecule has 2 rings (SSSR count). The van der Waals surface area contributed by atoms with Gasteiger partial charge in [-0.25, -0.2) is 13.2 Å². The van der Waals surface area contributed by atoms with Crippen LogP contribution < -0.4 is 0 Å². The summed E-state index contributed by atoms with van der Waals surface area (Å²) in [7, 11) is -3.63. The van der Waals surface area contributed by atoms with Crippen LogP contribution in [-0.2, 0) is 10.0 Å². The van der Waals surface area contributed by atoms with Crippen molar-refractivity contribution in [3.8, 4) is 0 Å². The molecular weight excluding hydrogens is 290 g/mol. The Kier molecular flexibility index (Phi) is 4.68. The highest BCUT2D eigenvalue weighted by atomic mass is 32.2. The van der Waals surface area contributed by atoms with Crippen molar-refractivity contribution in [2.24, 2.45) is 5.92 Å². The summed E-state index contributed by atoms with van der Waals surface area (Å²) in [6, 6.07) is 4.41. The normalized spacial score (nSPS) is 21.0. The molecular formula is C15H21NO4S. The van der Waals surface area contributed by atoms with Gasteiger partial charge in [0.15, 0.2) is 0 Å². The first-order valence-corrected chi connectivity index (χ1v) is 8.61. The van der Waals surface area contributed by atoms with Crippen molar-refractivity contribution in [3.63, 3.8) is 0 Å². The molecule has 0 bridgehead atoms. The third-order valence-electron chi connectivity index (χ3n) is 4.11. The minimum Gasteiger partial charge on any atom is -0.478 e. The highest BCUT2D eigenvalue weighted by Gasteiger charge is 2.29. The second-order valence-electron chi connectivity index (χ2n) is 5.67. The fourth-order valence-corrected chi connectivity index (χ4v) is 4.48. The molecule has 21 heavy (non-hydrogen) atoms. The Morgan fingerprint density at radius 2 is 2.00 bits per heavy atom. The van der Waals surface area contributed by atoms with Crippen LogP contribution in [0.25, 0.3) is 0 Å². The zero-order chi connectivity index (χ0) is 15.6. The monoisotopic (exact) mass is 311 g/mol. The van der Waals surface area contributed by atoms with Crippen molar-refractivity contribution in [3.05, 3.63) is 29.3 Å². The van der Waals surface area contributed by atoms with E-state index in [0.29, 0.717) is 24.6 Å². The molecule has 116 valence electrons. The van der Waals surface area contributed by atoms with Crippen molar-refractivity contribution >= 4 is 16.0 Å². The van der Waals surface area contributed by atoms with Crippen LogP contribution in [0, 0.1) is 12.8 Å². The number of sulfonamides is 1. The number of benzene rings is 1. The number of carboxylic acid groups (broad SMARTS) is 1. The van der Waals surface area contributed by atoms with E-state index in [1.54, 1.807) is 6.92 Å². The van der Waals surface area contributed by atoms with Gasteiger partial charge in [0.1, 0.15) is 0 Å². The molecule has 0 saturated carbocycles. The molecule has 0 aliphatic carbocycles. The van der Waals surface area contributed by atoms with Gasteiger partial charge in [-0.2, -0.15) is 4.31 Å². The van der Waals surface area contributed by atoms with Crippen molar-refractivity contribution < 1.29 is 18.3 Å². The smallest absolute Gasteiger partial charge is 0.335 e. The highest BCUT2D eigenvalue weighted by Crippen LogP contribution is 2.26. The maximum Gasteiger partial charge on any atom is 0.335 e. The standard InChI is InChI=1S/C15H21NO4S/c1-11-5-4-9-16(10-8-11)21(19,20)14-7-3-6-13(12(14)2)15(17)18/h3,6-7,11H,4-5,8-10H2,1-2H3,(H,17,18). The molecule has 1 aromatic rings. The summed E-state index contributed by atoms with van der Waals surface area (Å²) in [5.74, 6) is -0.578. The summed E-state index contributed by atoms with van der Waals surface area (Å²) < 4.78 is 27.0. The Bertz CT molecular complexity index is 639. The summed E-state index contributed by atoms with van der Waals surface area (Å²) in [4.78, 5) is 11.3. The Morgan fingerprint density at radius 1 is 1.29 bits per heavy atom. The van der Waals surface area contributed by atoms with E-state index >= 15 is 0 Å². The van der Waals surface area contributed by atoms with E-state index < -0.39 is 16.0 Å². The number of nitrogens with zero attached hydrogens (tertiary/aromatic N) is 1. The summed E-state index contributed by atoms with van der Waals surface area (Å²) >= 11 is 0. The van der Waals surface area contributed by atoms with Crippen LogP contribution in [0.4, 0.5) is 0 Å². The lowest BCUT2D eigenvalue weighted by atomic mass is 10.0. The Morgan fingerprint density at radius 3 is 2.67 bits per heavy atom. The Labute approximate surface area is 125 Å². The number of rotatable bonds is 3. The van der Waals surface area contributed by atoms with Gasteiger partial charge in [0.05, 0.1) is 10.5 Å². The van der Waals surface area contributed by atoms with Crippen LogP contribution in [0.1, 0.15) is 42.1 Å². The van der Waals surface area contributed by atoms with Gasteiger partial charge >= 0.3 is 5.97 Å². The fourth-order valence-electron chi connectivity index (χ4n) is 2.74. The molecule has 1 saturated heterocycles. The largest absolute Gasteiger partial charge is 0.478 e. The van der Waals surface area contributed by atoms with Crippen molar-refractivity contribution in [2.45, 2.75) is 38.0 Å². The van der Waals surface area contributed by atoms with Gasteiger partial charge in [-0.3, -0.25) is 0 Å². The lowest BCUT2D eigenvalue weighted by molar-refractivity contribution is 0.0696. The molecule has 0 amide bonds. The molecule has 1 aliphatic heterocycles. The number of aromatic carboxylic acids is 1. The number of hydrogen-bond donors (Lipinski definition) is 1. The minimum absolute atomic E-state index is 0.0410. The van der Waals surface area contributed by atoms with Crippen LogP contribution >= 0.6 is 0 Å². The quantitative estimate of drug-likeness (QED) is 0.930. The molecule has 5 nitrogen and oxygen atoms in total. The molecule has 1 unspecified atom stereocenters. The molecule has 1 aromatic carbocycles. The van der Waals surface area contributed by atoms with Gasteiger partial charge in [-0.15, -0.1) is 0 Å². The van der Waals surface area contributed by atoms with Crippen LogP contribution in [0.15, 0.2) is 23.1 Å². The van der Waals surface area contributed by atoms with E-state index in [9.17, 15) is 13.2 Å².